The lowest BCUT2D eigenvalue weighted by molar-refractivity contribution is -0.112. The lowest BCUT2D eigenvalue weighted by atomic mass is 9.94. The highest BCUT2D eigenvalue weighted by atomic mass is 79.9. The van der Waals surface area contributed by atoms with Crippen LogP contribution in [0, 0.1) is 0 Å². The van der Waals surface area contributed by atoms with E-state index in [-0.39, 0.29) is 5.12 Å². The summed E-state index contributed by atoms with van der Waals surface area (Å²) in [6.45, 7) is 5.14. The Labute approximate surface area is 127 Å². The Bertz CT molecular complexity index is 379. The van der Waals surface area contributed by atoms with Crippen molar-refractivity contribution in [3.63, 3.8) is 0 Å². The maximum Gasteiger partial charge on any atom is 0.209 e. The van der Waals surface area contributed by atoms with Crippen LogP contribution in [0.25, 0.3) is 0 Å². The van der Waals surface area contributed by atoms with Crippen molar-refractivity contribution >= 4 is 32.8 Å². The highest BCUT2D eigenvalue weighted by molar-refractivity contribution is 9.10. The smallest absolute Gasteiger partial charge is 0.209 e. The number of thioether (sulfide) groups is 1. The lowest BCUT2D eigenvalue weighted by Crippen LogP contribution is -2.31. The molecule has 1 unspecified atom stereocenters. The fourth-order valence-electron chi connectivity index (χ4n) is 1.83. The maximum absolute atomic E-state index is 12.2. The van der Waals surface area contributed by atoms with Crippen molar-refractivity contribution in [1.29, 1.82) is 0 Å². The first kappa shape index (κ1) is 16.8. The molecule has 1 atom stereocenters. The third-order valence-corrected chi connectivity index (χ3v) is 4.97. The number of carbonyl (C=O) groups is 1. The van der Waals surface area contributed by atoms with E-state index < -0.39 is 4.32 Å². The van der Waals surface area contributed by atoms with E-state index >= 15 is 0 Å². The first-order valence-corrected chi connectivity index (χ1v) is 8.24. The third-order valence-electron chi connectivity index (χ3n) is 2.88. The number of carbonyl (C=O) groups excluding carboxylic acids is 1. The predicted molar refractivity (Wildman–Crippen MR) is 83.7 cm³/mol. The molecule has 1 aliphatic rings. The summed E-state index contributed by atoms with van der Waals surface area (Å²) in [5.74, 6) is 1.67. The summed E-state index contributed by atoms with van der Waals surface area (Å²) >= 11 is 4.90. The Balaban J connectivity index is 2.78. The quantitative estimate of drug-likeness (QED) is 0.519. The number of ether oxygens (including phenoxy) is 2. The Kier molecular flexibility index (Phi) is 7.18. The monoisotopic (exact) mass is 348 g/mol. The zero-order valence-electron chi connectivity index (χ0n) is 11.7. The average molecular weight is 349 g/mol. The Morgan fingerprint density at radius 1 is 1.47 bits per heavy atom. The molecule has 1 rings (SSSR count). The van der Waals surface area contributed by atoms with Crippen LogP contribution in [0.2, 0.25) is 0 Å². The van der Waals surface area contributed by atoms with Gasteiger partial charge in [0.25, 0.3) is 0 Å². The molecule has 0 fully saturated rings. The van der Waals surface area contributed by atoms with Gasteiger partial charge in [0, 0.05) is 13.5 Å². The molecule has 3 nitrogen and oxygen atoms in total. The number of rotatable bonds is 7. The van der Waals surface area contributed by atoms with E-state index in [0.29, 0.717) is 19.6 Å². The summed E-state index contributed by atoms with van der Waals surface area (Å²) in [6, 6.07) is 0. The SMILES string of the molecule is CCSC(=O)C1(Br)C=CC(CC)=C(OCCOC)C1. The van der Waals surface area contributed by atoms with E-state index in [2.05, 4.69) is 22.9 Å². The fraction of sp³-hybridized carbons (Fsp3) is 0.643. The van der Waals surface area contributed by atoms with Crippen molar-refractivity contribution in [1.82, 2.24) is 0 Å². The highest BCUT2D eigenvalue weighted by Crippen LogP contribution is 2.39. The predicted octanol–water partition coefficient (Wildman–Crippen LogP) is 3.69. The normalized spacial score (nSPS) is 22.7. The van der Waals surface area contributed by atoms with Crippen LogP contribution in [0.15, 0.2) is 23.5 Å². The highest BCUT2D eigenvalue weighted by Gasteiger charge is 2.37. The second kappa shape index (κ2) is 8.12. The van der Waals surface area contributed by atoms with Gasteiger partial charge in [0.1, 0.15) is 16.7 Å². The van der Waals surface area contributed by atoms with Crippen molar-refractivity contribution in [2.45, 2.75) is 31.0 Å². The molecular formula is C14H21BrO3S. The topological polar surface area (TPSA) is 35.5 Å². The van der Waals surface area contributed by atoms with Crippen LogP contribution in [0.5, 0.6) is 0 Å². The molecule has 0 aromatic carbocycles. The molecule has 0 aromatic rings. The molecule has 0 heterocycles. The zero-order chi connectivity index (χ0) is 14.3. The van der Waals surface area contributed by atoms with Crippen LogP contribution >= 0.6 is 27.7 Å². The maximum atomic E-state index is 12.2. The molecule has 0 radical (unpaired) electrons. The molecule has 5 heteroatoms. The van der Waals surface area contributed by atoms with Gasteiger partial charge in [-0.05, 0) is 17.7 Å². The van der Waals surface area contributed by atoms with Crippen LogP contribution in [-0.2, 0) is 14.3 Å². The van der Waals surface area contributed by atoms with Crippen LogP contribution in [0.1, 0.15) is 26.7 Å². The first-order valence-electron chi connectivity index (χ1n) is 6.46. The fourth-order valence-corrected chi connectivity index (χ4v) is 3.20. The minimum Gasteiger partial charge on any atom is -0.495 e. The van der Waals surface area contributed by atoms with Crippen LogP contribution in [-0.4, -0.2) is 35.5 Å². The molecule has 0 N–H and O–H groups in total. The van der Waals surface area contributed by atoms with E-state index in [1.807, 2.05) is 19.1 Å². The van der Waals surface area contributed by atoms with Crippen LogP contribution < -0.4 is 0 Å². The second-order valence-corrected chi connectivity index (χ2v) is 6.89. The summed E-state index contributed by atoms with van der Waals surface area (Å²) < 4.78 is 10.1. The Hall–Kier alpha value is -0.260. The standard InChI is InChI=1S/C14H21BrO3S/c1-4-11-6-7-14(15,13(16)19-5-2)10-12(11)18-9-8-17-3/h6-7H,4-5,8-10H2,1-3H3. The minimum absolute atomic E-state index is 0.134. The number of halogens is 1. The molecule has 0 saturated heterocycles. The van der Waals surface area contributed by atoms with Crippen molar-refractivity contribution in [2.75, 3.05) is 26.1 Å². The molecule has 1 aliphatic carbocycles. The molecule has 0 bridgehead atoms. The van der Waals surface area contributed by atoms with Gasteiger partial charge in [0.2, 0.25) is 5.12 Å². The van der Waals surface area contributed by atoms with Crippen molar-refractivity contribution in [2.24, 2.45) is 0 Å². The van der Waals surface area contributed by atoms with Crippen molar-refractivity contribution < 1.29 is 14.3 Å². The number of methoxy groups -OCH3 is 1. The summed E-state index contributed by atoms with van der Waals surface area (Å²) in [5, 5.41) is 0.134. The Morgan fingerprint density at radius 3 is 2.79 bits per heavy atom. The molecular weight excluding hydrogens is 328 g/mol. The van der Waals surface area contributed by atoms with Gasteiger partial charge in [0.15, 0.2) is 0 Å². The van der Waals surface area contributed by atoms with Gasteiger partial charge in [-0.25, -0.2) is 0 Å². The summed E-state index contributed by atoms with van der Waals surface area (Å²) in [6.07, 6.45) is 5.41. The molecule has 108 valence electrons. The van der Waals surface area contributed by atoms with Crippen LogP contribution in [0.4, 0.5) is 0 Å². The number of allylic oxidation sites excluding steroid dienone is 4. The van der Waals surface area contributed by atoms with Crippen LogP contribution in [0.3, 0.4) is 0 Å². The second-order valence-electron chi connectivity index (χ2n) is 4.24. The number of hydrogen-bond donors (Lipinski definition) is 0. The molecule has 0 aromatic heterocycles. The van der Waals surface area contributed by atoms with E-state index in [1.165, 1.54) is 11.8 Å². The van der Waals surface area contributed by atoms with Gasteiger partial charge in [-0.15, -0.1) is 0 Å². The Morgan fingerprint density at radius 2 is 2.21 bits per heavy atom. The van der Waals surface area contributed by atoms with E-state index in [0.717, 1.165) is 23.5 Å². The molecule has 0 saturated carbocycles. The zero-order valence-corrected chi connectivity index (χ0v) is 14.1. The van der Waals surface area contributed by atoms with Crippen molar-refractivity contribution in [3.8, 4) is 0 Å². The average Bonchev–Trinajstić information content (AvgIpc) is 2.40. The lowest BCUT2D eigenvalue weighted by Gasteiger charge is -2.28. The van der Waals surface area contributed by atoms with Gasteiger partial charge in [-0.2, -0.15) is 0 Å². The van der Waals surface area contributed by atoms with E-state index in [4.69, 9.17) is 9.47 Å². The van der Waals surface area contributed by atoms with E-state index in [1.54, 1.807) is 7.11 Å². The van der Waals surface area contributed by atoms with E-state index in [9.17, 15) is 4.79 Å². The molecule has 0 spiro atoms. The summed E-state index contributed by atoms with van der Waals surface area (Å²) in [7, 11) is 1.65. The van der Waals surface area contributed by atoms with Crippen molar-refractivity contribution in [3.05, 3.63) is 23.5 Å². The molecule has 0 amide bonds. The third kappa shape index (κ3) is 4.65. The molecule has 0 aliphatic heterocycles. The summed E-state index contributed by atoms with van der Waals surface area (Å²) in [4.78, 5) is 12.2. The van der Waals surface area contributed by atoms with Gasteiger partial charge in [0.05, 0.1) is 6.61 Å². The number of hydrogen-bond acceptors (Lipinski definition) is 4. The van der Waals surface area contributed by atoms with Gasteiger partial charge in [-0.1, -0.05) is 53.7 Å². The van der Waals surface area contributed by atoms with Gasteiger partial charge in [-0.3, -0.25) is 4.79 Å². The van der Waals surface area contributed by atoms with Gasteiger partial charge < -0.3 is 9.47 Å². The first-order chi connectivity index (χ1) is 9.07. The number of alkyl halides is 1. The minimum atomic E-state index is -0.630. The summed E-state index contributed by atoms with van der Waals surface area (Å²) in [5.41, 5.74) is 1.15. The molecule has 19 heavy (non-hydrogen) atoms. The largest absolute Gasteiger partial charge is 0.495 e. The van der Waals surface area contributed by atoms with Gasteiger partial charge >= 0.3 is 0 Å².